The van der Waals surface area contributed by atoms with E-state index in [2.05, 4.69) is 5.32 Å². The molecule has 0 saturated carbocycles. The number of methoxy groups -OCH3 is 2. The van der Waals surface area contributed by atoms with Gasteiger partial charge in [-0.2, -0.15) is 0 Å². The van der Waals surface area contributed by atoms with Gasteiger partial charge in [0.15, 0.2) is 18.1 Å². The van der Waals surface area contributed by atoms with Gasteiger partial charge in [0.2, 0.25) is 5.75 Å². The van der Waals surface area contributed by atoms with Crippen molar-refractivity contribution in [2.75, 3.05) is 20.8 Å². The Hall–Kier alpha value is -2.11. The molecular weight excluding hydrogens is 365 g/mol. The highest BCUT2D eigenvalue weighted by atomic mass is 35.5. The Labute approximate surface area is 156 Å². The summed E-state index contributed by atoms with van der Waals surface area (Å²) in [5.41, 5.74) is 1.73. The number of halogens is 2. The summed E-state index contributed by atoms with van der Waals surface area (Å²) in [6, 6.07) is 8.72. The van der Waals surface area contributed by atoms with Crippen molar-refractivity contribution in [3.63, 3.8) is 0 Å². The van der Waals surface area contributed by atoms with Crippen molar-refractivity contribution in [3.8, 4) is 17.2 Å². The van der Waals surface area contributed by atoms with Crippen molar-refractivity contribution < 1.29 is 19.0 Å². The second kappa shape index (κ2) is 8.83. The maximum atomic E-state index is 12.0. The predicted octanol–water partition coefficient (Wildman–Crippen LogP) is 4.01. The Bertz CT molecular complexity index is 740. The van der Waals surface area contributed by atoms with E-state index >= 15 is 0 Å². The van der Waals surface area contributed by atoms with Crippen LogP contribution in [0, 0.1) is 6.92 Å². The van der Waals surface area contributed by atoms with E-state index in [9.17, 15) is 4.79 Å². The van der Waals surface area contributed by atoms with E-state index in [-0.39, 0.29) is 19.1 Å². The largest absolute Gasteiger partial charge is 0.493 e. The standard InChI is InChI=1S/C18H19Cl2NO4/c1-11-6-15(23-2)18(16(7-11)24-3)25-10-17(22)21-9-12-4-5-13(19)8-14(12)20/h4-8H,9-10H2,1-3H3,(H,21,22). The van der Waals surface area contributed by atoms with Crippen LogP contribution in [0.2, 0.25) is 10.0 Å². The number of hydrogen-bond donors (Lipinski definition) is 1. The van der Waals surface area contributed by atoms with Crippen LogP contribution in [0.25, 0.3) is 0 Å². The zero-order chi connectivity index (χ0) is 18.4. The average molecular weight is 384 g/mol. The van der Waals surface area contributed by atoms with E-state index in [1.54, 1.807) is 18.2 Å². The highest BCUT2D eigenvalue weighted by Crippen LogP contribution is 2.38. The molecule has 0 aliphatic heterocycles. The van der Waals surface area contributed by atoms with Crippen LogP contribution >= 0.6 is 23.2 Å². The summed E-state index contributed by atoms with van der Waals surface area (Å²) in [5, 5.41) is 3.78. The zero-order valence-electron chi connectivity index (χ0n) is 14.2. The van der Waals surface area contributed by atoms with Crippen molar-refractivity contribution >= 4 is 29.1 Å². The molecular formula is C18H19Cl2NO4. The Morgan fingerprint density at radius 1 is 1.08 bits per heavy atom. The summed E-state index contributed by atoms with van der Waals surface area (Å²) in [4.78, 5) is 12.0. The number of amides is 1. The van der Waals surface area contributed by atoms with Gasteiger partial charge in [-0.3, -0.25) is 4.79 Å². The van der Waals surface area contributed by atoms with Gasteiger partial charge in [-0.25, -0.2) is 0 Å². The van der Waals surface area contributed by atoms with Crippen LogP contribution in [0.4, 0.5) is 0 Å². The fourth-order valence-electron chi connectivity index (χ4n) is 2.20. The summed E-state index contributed by atoms with van der Waals surface area (Å²) in [6.07, 6.45) is 0. The lowest BCUT2D eigenvalue weighted by Gasteiger charge is -2.15. The predicted molar refractivity (Wildman–Crippen MR) is 98.1 cm³/mol. The number of hydrogen-bond acceptors (Lipinski definition) is 4. The normalized spacial score (nSPS) is 10.3. The molecule has 7 heteroatoms. The molecule has 1 N–H and O–H groups in total. The SMILES string of the molecule is COc1cc(C)cc(OC)c1OCC(=O)NCc1ccc(Cl)cc1Cl. The second-order valence-electron chi connectivity index (χ2n) is 5.30. The van der Waals surface area contributed by atoms with E-state index in [1.807, 2.05) is 19.1 Å². The first kappa shape index (κ1) is 19.2. The van der Waals surface area contributed by atoms with Gasteiger partial charge in [-0.05, 0) is 42.3 Å². The van der Waals surface area contributed by atoms with Gasteiger partial charge < -0.3 is 19.5 Å². The number of carbonyl (C=O) groups excluding carboxylic acids is 1. The van der Waals surface area contributed by atoms with Crippen molar-refractivity contribution in [2.24, 2.45) is 0 Å². The third-order valence-corrected chi connectivity index (χ3v) is 4.03. The quantitative estimate of drug-likeness (QED) is 0.784. The summed E-state index contributed by atoms with van der Waals surface area (Å²) in [5.74, 6) is 1.10. The number of benzene rings is 2. The lowest BCUT2D eigenvalue weighted by atomic mass is 10.2. The van der Waals surface area contributed by atoms with Gasteiger partial charge in [-0.1, -0.05) is 29.3 Å². The first-order chi connectivity index (χ1) is 11.9. The molecule has 2 rings (SSSR count). The molecule has 0 heterocycles. The summed E-state index contributed by atoms with van der Waals surface area (Å²) in [7, 11) is 3.06. The van der Waals surface area contributed by atoms with Crippen molar-refractivity contribution in [2.45, 2.75) is 13.5 Å². The topological polar surface area (TPSA) is 56.8 Å². The Balaban J connectivity index is 1.98. The Morgan fingerprint density at radius 3 is 2.28 bits per heavy atom. The second-order valence-corrected chi connectivity index (χ2v) is 6.14. The minimum absolute atomic E-state index is 0.180. The maximum Gasteiger partial charge on any atom is 0.258 e. The smallest absolute Gasteiger partial charge is 0.258 e. The van der Waals surface area contributed by atoms with Gasteiger partial charge >= 0.3 is 0 Å². The molecule has 1 amide bonds. The highest BCUT2D eigenvalue weighted by molar-refractivity contribution is 6.35. The first-order valence-corrected chi connectivity index (χ1v) is 8.26. The first-order valence-electron chi connectivity index (χ1n) is 7.50. The number of rotatable bonds is 7. The molecule has 0 unspecified atom stereocenters. The Morgan fingerprint density at radius 2 is 1.72 bits per heavy atom. The molecule has 25 heavy (non-hydrogen) atoms. The molecule has 2 aromatic rings. The fraction of sp³-hybridized carbons (Fsp3) is 0.278. The van der Waals surface area contributed by atoms with Crippen LogP contribution in [0.5, 0.6) is 17.2 Å². The maximum absolute atomic E-state index is 12.0. The molecule has 0 aromatic heterocycles. The van der Waals surface area contributed by atoms with Gasteiger partial charge in [0.1, 0.15) is 0 Å². The lowest BCUT2D eigenvalue weighted by Crippen LogP contribution is -2.28. The van der Waals surface area contributed by atoms with Crippen molar-refractivity contribution in [1.82, 2.24) is 5.32 Å². The molecule has 5 nitrogen and oxygen atoms in total. The third-order valence-electron chi connectivity index (χ3n) is 3.44. The minimum atomic E-state index is -0.296. The van der Waals surface area contributed by atoms with Crippen molar-refractivity contribution in [1.29, 1.82) is 0 Å². The van der Waals surface area contributed by atoms with E-state index in [0.29, 0.717) is 27.3 Å². The van der Waals surface area contributed by atoms with Crippen LogP contribution in [-0.2, 0) is 11.3 Å². The van der Waals surface area contributed by atoms with Crippen molar-refractivity contribution in [3.05, 3.63) is 51.5 Å². The molecule has 0 aliphatic carbocycles. The molecule has 134 valence electrons. The minimum Gasteiger partial charge on any atom is -0.493 e. The van der Waals surface area contributed by atoms with Crippen LogP contribution in [-0.4, -0.2) is 26.7 Å². The zero-order valence-corrected chi connectivity index (χ0v) is 15.7. The number of ether oxygens (including phenoxy) is 3. The highest BCUT2D eigenvalue weighted by Gasteiger charge is 2.15. The molecule has 0 saturated heterocycles. The fourth-order valence-corrected chi connectivity index (χ4v) is 2.68. The molecule has 0 bridgehead atoms. The van der Waals surface area contributed by atoms with E-state index in [4.69, 9.17) is 37.4 Å². The van der Waals surface area contributed by atoms with Crippen LogP contribution in [0.1, 0.15) is 11.1 Å². The van der Waals surface area contributed by atoms with Crippen LogP contribution in [0.15, 0.2) is 30.3 Å². The molecule has 0 fully saturated rings. The summed E-state index contributed by atoms with van der Waals surface area (Å²) in [6.45, 7) is 2.01. The molecule has 0 radical (unpaired) electrons. The van der Waals surface area contributed by atoms with Crippen LogP contribution < -0.4 is 19.5 Å². The van der Waals surface area contributed by atoms with E-state index in [0.717, 1.165) is 11.1 Å². The molecule has 0 aliphatic rings. The van der Waals surface area contributed by atoms with Gasteiger partial charge in [0, 0.05) is 16.6 Å². The number of carbonyl (C=O) groups is 1. The third kappa shape index (κ3) is 5.18. The number of aryl methyl sites for hydroxylation is 1. The van der Waals surface area contributed by atoms with Gasteiger partial charge in [0.05, 0.1) is 14.2 Å². The van der Waals surface area contributed by atoms with E-state index in [1.165, 1.54) is 14.2 Å². The van der Waals surface area contributed by atoms with Crippen LogP contribution in [0.3, 0.4) is 0 Å². The van der Waals surface area contributed by atoms with Gasteiger partial charge in [-0.15, -0.1) is 0 Å². The average Bonchev–Trinajstić information content (AvgIpc) is 2.58. The molecule has 0 atom stereocenters. The monoisotopic (exact) mass is 383 g/mol. The molecule has 2 aromatic carbocycles. The number of nitrogens with one attached hydrogen (secondary N) is 1. The summed E-state index contributed by atoms with van der Waals surface area (Å²) >= 11 is 11.9. The molecule has 0 spiro atoms. The Kier molecular flexibility index (Phi) is 6.79. The lowest BCUT2D eigenvalue weighted by molar-refractivity contribution is -0.123. The van der Waals surface area contributed by atoms with Gasteiger partial charge in [0.25, 0.3) is 5.91 Å². The van der Waals surface area contributed by atoms with E-state index < -0.39 is 0 Å². The summed E-state index contributed by atoms with van der Waals surface area (Å²) < 4.78 is 16.2.